The Bertz CT molecular complexity index is 998. The van der Waals surface area contributed by atoms with Gasteiger partial charge in [-0.15, -0.1) is 34.2 Å². The zero-order valence-corrected chi connectivity index (χ0v) is 21.8. The van der Waals surface area contributed by atoms with Gasteiger partial charge in [-0.3, -0.25) is 0 Å². The van der Waals surface area contributed by atoms with E-state index in [9.17, 15) is 0 Å². The standard InChI is InChI=1S/C24H32N6O.HI/c1-6-19-7-11-21(12-8-19)17(2)27-24(26-16-23-29-28-18(3)30(23)4)25-15-20-9-13-22(31-5)14-10-20;/h7-14,17H,6,15-16H2,1-5H3,(H2,25,26,27);1H. The number of methoxy groups -OCH3 is 1. The minimum atomic E-state index is 0. The van der Waals surface area contributed by atoms with E-state index in [1.54, 1.807) is 7.11 Å². The third kappa shape index (κ3) is 6.94. The van der Waals surface area contributed by atoms with E-state index in [2.05, 4.69) is 58.9 Å². The molecule has 1 aromatic heterocycles. The van der Waals surface area contributed by atoms with E-state index in [1.807, 2.05) is 42.8 Å². The lowest BCUT2D eigenvalue weighted by Crippen LogP contribution is -2.39. The van der Waals surface area contributed by atoms with Crippen LogP contribution in [0, 0.1) is 6.92 Å². The summed E-state index contributed by atoms with van der Waals surface area (Å²) < 4.78 is 7.21. The molecule has 3 rings (SSSR count). The molecular weight excluding hydrogens is 515 g/mol. The molecule has 0 bridgehead atoms. The molecule has 1 atom stereocenters. The van der Waals surface area contributed by atoms with Gasteiger partial charge in [-0.1, -0.05) is 43.3 Å². The van der Waals surface area contributed by atoms with Crippen molar-refractivity contribution in [2.45, 2.75) is 46.3 Å². The number of rotatable bonds is 8. The van der Waals surface area contributed by atoms with Crippen LogP contribution in [0.15, 0.2) is 53.5 Å². The Balaban J connectivity index is 0.00000363. The number of aryl methyl sites for hydroxylation is 2. The van der Waals surface area contributed by atoms with Gasteiger partial charge in [0.1, 0.15) is 11.6 Å². The van der Waals surface area contributed by atoms with Crippen LogP contribution in [-0.4, -0.2) is 27.8 Å². The maximum absolute atomic E-state index is 5.24. The van der Waals surface area contributed by atoms with Crippen molar-refractivity contribution in [2.24, 2.45) is 12.0 Å². The maximum Gasteiger partial charge on any atom is 0.192 e. The molecule has 0 aliphatic heterocycles. The number of benzene rings is 2. The van der Waals surface area contributed by atoms with Crippen LogP contribution in [0.5, 0.6) is 5.75 Å². The van der Waals surface area contributed by atoms with E-state index in [0.29, 0.717) is 13.1 Å². The molecular formula is C24H33IN6O. The van der Waals surface area contributed by atoms with E-state index >= 15 is 0 Å². The van der Waals surface area contributed by atoms with E-state index in [4.69, 9.17) is 9.73 Å². The summed E-state index contributed by atoms with van der Waals surface area (Å²) in [6, 6.07) is 16.8. The third-order valence-corrected chi connectivity index (χ3v) is 5.42. The molecule has 2 aromatic carbocycles. The predicted octanol–water partition coefficient (Wildman–Crippen LogP) is 4.31. The minimum Gasteiger partial charge on any atom is -0.497 e. The van der Waals surface area contributed by atoms with Crippen LogP contribution in [0.25, 0.3) is 0 Å². The highest BCUT2D eigenvalue weighted by atomic mass is 127. The molecule has 0 amide bonds. The molecule has 0 aliphatic carbocycles. The van der Waals surface area contributed by atoms with Crippen molar-refractivity contribution in [2.75, 3.05) is 7.11 Å². The summed E-state index contributed by atoms with van der Waals surface area (Å²) in [6.07, 6.45) is 1.04. The normalized spacial score (nSPS) is 12.1. The van der Waals surface area contributed by atoms with Crippen molar-refractivity contribution in [1.82, 2.24) is 25.4 Å². The summed E-state index contributed by atoms with van der Waals surface area (Å²) in [5.41, 5.74) is 3.65. The number of ether oxygens (including phenoxy) is 1. The first-order chi connectivity index (χ1) is 15.0. The molecule has 0 saturated carbocycles. The molecule has 0 saturated heterocycles. The van der Waals surface area contributed by atoms with Crippen molar-refractivity contribution in [1.29, 1.82) is 0 Å². The van der Waals surface area contributed by atoms with Gasteiger partial charge < -0.3 is 19.9 Å². The van der Waals surface area contributed by atoms with Gasteiger partial charge in [0.25, 0.3) is 0 Å². The number of nitrogens with one attached hydrogen (secondary N) is 2. The Morgan fingerprint density at radius 3 is 2.28 bits per heavy atom. The Hall–Kier alpha value is -2.62. The van der Waals surface area contributed by atoms with Gasteiger partial charge in [-0.2, -0.15) is 0 Å². The molecule has 7 nitrogen and oxygen atoms in total. The summed E-state index contributed by atoms with van der Waals surface area (Å²) in [5.74, 6) is 3.30. The first kappa shape index (κ1) is 25.6. The lowest BCUT2D eigenvalue weighted by molar-refractivity contribution is 0.414. The highest BCUT2D eigenvalue weighted by Gasteiger charge is 2.11. The van der Waals surface area contributed by atoms with Gasteiger partial charge in [0.2, 0.25) is 0 Å². The summed E-state index contributed by atoms with van der Waals surface area (Å²) in [6.45, 7) is 7.33. The van der Waals surface area contributed by atoms with Crippen LogP contribution in [0.3, 0.4) is 0 Å². The molecule has 0 fully saturated rings. The highest BCUT2D eigenvalue weighted by molar-refractivity contribution is 14.0. The first-order valence-electron chi connectivity index (χ1n) is 10.6. The number of halogens is 1. The van der Waals surface area contributed by atoms with Gasteiger partial charge in [0, 0.05) is 7.05 Å². The lowest BCUT2D eigenvalue weighted by Gasteiger charge is -2.19. The van der Waals surface area contributed by atoms with E-state index in [0.717, 1.165) is 35.3 Å². The Labute approximate surface area is 207 Å². The Morgan fingerprint density at radius 2 is 1.72 bits per heavy atom. The molecule has 0 aliphatic rings. The van der Waals surface area contributed by atoms with Crippen molar-refractivity contribution >= 4 is 29.9 Å². The van der Waals surface area contributed by atoms with Crippen LogP contribution in [0.1, 0.15) is 48.2 Å². The van der Waals surface area contributed by atoms with Crippen LogP contribution in [0.2, 0.25) is 0 Å². The second kappa shape index (κ2) is 12.4. The predicted molar refractivity (Wildman–Crippen MR) is 139 cm³/mol. The average Bonchev–Trinajstić information content (AvgIpc) is 3.13. The zero-order chi connectivity index (χ0) is 22.2. The number of hydrogen-bond acceptors (Lipinski definition) is 4. The topological polar surface area (TPSA) is 76.4 Å². The molecule has 1 unspecified atom stereocenters. The van der Waals surface area contributed by atoms with Crippen LogP contribution in [-0.2, 0) is 26.6 Å². The average molecular weight is 548 g/mol. The SMILES string of the molecule is CCc1ccc(C(C)NC(=NCc2ccc(OC)cc2)NCc2nnc(C)n2C)cc1.I. The van der Waals surface area contributed by atoms with Crippen LogP contribution in [0.4, 0.5) is 0 Å². The monoisotopic (exact) mass is 548 g/mol. The molecule has 1 heterocycles. The Kier molecular flexibility index (Phi) is 9.96. The summed E-state index contributed by atoms with van der Waals surface area (Å²) in [7, 11) is 3.63. The summed E-state index contributed by atoms with van der Waals surface area (Å²) >= 11 is 0. The van der Waals surface area contributed by atoms with Crippen LogP contribution < -0.4 is 15.4 Å². The second-order valence-corrected chi connectivity index (χ2v) is 7.55. The molecule has 0 radical (unpaired) electrons. The highest BCUT2D eigenvalue weighted by Crippen LogP contribution is 2.15. The van der Waals surface area contributed by atoms with Crippen molar-refractivity contribution in [3.8, 4) is 5.75 Å². The minimum absolute atomic E-state index is 0. The zero-order valence-electron chi connectivity index (χ0n) is 19.4. The van der Waals surface area contributed by atoms with Crippen molar-refractivity contribution in [3.63, 3.8) is 0 Å². The quantitative estimate of drug-likeness (QED) is 0.249. The summed E-state index contributed by atoms with van der Waals surface area (Å²) in [5, 5.41) is 15.3. The van der Waals surface area contributed by atoms with Gasteiger partial charge in [-0.25, -0.2) is 4.99 Å². The number of aromatic nitrogens is 3. The fourth-order valence-corrected chi connectivity index (χ4v) is 3.15. The van der Waals surface area contributed by atoms with E-state index in [1.165, 1.54) is 11.1 Å². The van der Waals surface area contributed by atoms with E-state index < -0.39 is 0 Å². The van der Waals surface area contributed by atoms with Crippen LogP contribution >= 0.6 is 24.0 Å². The number of aliphatic imine (C=N–C) groups is 1. The van der Waals surface area contributed by atoms with Gasteiger partial charge in [0.15, 0.2) is 11.8 Å². The van der Waals surface area contributed by atoms with Gasteiger partial charge in [0.05, 0.1) is 26.2 Å². The van der Waals surface area contributed by atoms with Gasteiger partial charge in [-0.05, 0) is 49.1 Å². The largest absolute Gasteiger partial charge is 0.497 e. The molecule has 32 heavy (non-hydrogen) atoms. The molecule has 8 heteroatoms. The third-order valence-electron chi connectivity index (χ3n) is 5.42. The molecule has 172 valence electrons. The molecule has 0 spiro atoms. The fraction of sp³-hybridized carbons (Fsp3) is 0.375. The number of nitrogens with zero attached hydrogens (tertiary/aromatic N) is 4. The number of hydrogen-bond donors (Lipinski definition) is 2. The van der Waals surface area contributed by atoms with E-state index in [-0.39, 0.29) is 30.0 Å². The number of guanidine groups is 1. The second-order valence-electron chi connectivity index (χ2n) is 7.55. The first-order valence-corrected chi connectivity index (χ1v) is 10.6. The van der Waals surface area contributed by atoms with Crippen molar-refractivity contribution < 1.29 is 4.74 Å². The van der Waals surface area contributed by atoms with Gasteiger partial charge >= 0.3 is 0 Å². The van der Waals surface area contributed by atoms with Crippen molar-refractivity contribution in [3.05, 3.63) is 76.9 Å². The maximum atomic E-state index is 5.24. The molecule has 2 N–H and O–H groups in total. The fourth-order valence-electron chi connectivity index (χ4n) is 3.15. The summed E-state index contributed by atoms with van der Waals surface area (Å²) in [4.78, 5) is 4.80. The lowest BCUT2D eigenvalue weighted by atomic mass is 10.1. The molecule has 3 aromatic rings. The smallest absolute Gasteiger partial charge is 0.192 e. The Morgan fingerprint density at radius 1 is 1.06 bits per heavy atom.